The normalized spacial score (nSPS) is 17.7. The Morgan fingerprint density at radius 1 is 1.33 bits per heavy atom. The second-order valence-corrected chi connectivity index (χ2v) is 6.38. The molecule has 0 amide bonds. The Kier molecular flexibility index (Phi) is 3.87. The first kappa shape index (κ1) is 13.3. The van der Waals surface area contributed by atoms with E-state index in [0.717, 1.165) is 25.9 Å². The van der Waals surface area contributed by atoms with Crippen LogP contribution >= 0.6 is 0 Å². The van der Waals surface area contributed by atoms with E-state index in [1.807, 2.05) is 0 Å². The van der Waals surface area contributed by atoms with E-state index in [4.69, 9.17) is 0 Å². The lowest BCUT2D eigenvalue weighted by molar-refractivity contribution is 0.454. The van der Waals surface area contributed by atoms with Gasteiger partial charge < -0.3 is 5.32 Å². The first-order valence-electron chi connectivity index (χ1n) is 5.94. The summed E-state index contributed by atoms with van der Waals surface area (Å²) < 4.78 is 38.4. The number of anilines is 1. The van der Waals surface area contributed by atoms with Gasteiger partial charge in [-0.3, -0.25) is 4.31 Å². The van der Waals surface area contributed by atoms with Crippen molar-refractivity contribution in [1.82, 2.24) is 5.32 Å². The third-order valence-corrected chi connectivity index (χ3v) is 4.28. The van der Waals surface area contributed by atoms with Crippen LogP contribution in [0.25, 0.3) is 0 Å². The smallest absolute Gasteiger partial charge is 0.232 e. The summed E-state index contributed by atoms with van der Waals surface area (Å²) in [7, 11) is -3.40. The summed E-state index contributed by atoms with van der Waals surface area (Å²) in [5, 5.41) is 3.19. The highest BCUT2D eigenvalue weighted by molar-refractivity contribution is 7.92. The summed E-state index contributed by atoms with van der Waals surface area (Å²) in [6.45, 7) is 1.57. The Balaban J connectivity index is 2.36. The lowest BCUT2D eigenvalue weighted by Gasteiger charge is -2.34. The number of nitrogens with one attached hydrogen (secondary N) is 1. The molecule has 1 saturated heterocycles. The summed E-state index contributed by atoms with van der Waals surface area (Å²) in [6.07, 6.45) is 2.65. The summed E-state index contributed by atoms with van der Waals surface area (Å²) in [4.78, 5) is 0. The fourth-order valence-electron chi connectivity index (χ4n) is 2.33. The molecule has 0 aromatic heterocycles. The molecule has 1 aliphatic heterocycles. The van der Waals surface area contributed by atoms with Crippen molar-refractivity contribution in [2.24, 2.45) is 0 Å². The first-order valence-corrected chi connectivity index (χ1v) is 7.79. The van der Waals surface area contributed by atoms with E-state index in [0.29, 0.717) is 5.69 Å². The van der Waals surface area contributed by atoms with Gasteiger partial charge in [-0.15, -0.1) is 0 Å². The van der Waals surface area contributed by atoms with Crippen molar-refractivity contribution in [3.63, 3.8) is 0 Å². The highest BCUT2D eigenvalue weighted by atomic mass is 32.2. The molecule has 1 aromatic rings. The molecule has 0 bridgehead atoms. The molecule has 6 heteroatoms. The van der Waals surface area contributed by atoms with Crippen LogP contribution in [0.15, 0.2) is 24.3 Å². The van der Waals surface area contributed by atoms with E-state index in [1.165, 1.54) is 28.8 Å². The van der Waals surface area contributed by atoms with E-state index >= 15 is 0 Å². The molecule has 0 saturated carbocycles. The molecular weight excluding hydrogens is 255 g/mol. The van der Waals surface area contributed by atoms with E-state index < -0.39 is 15.8 Å². The second-order valence-electron chi connectivity index (χ2n) is 4.52. The van der Waals surface area contributed by atoms with E-state index in [2.05, 4.69) is 5.32 Å². The van der Waals surface area contributed by atoms with Crippen molar-refractivity contribution in [3.8, 4) is 0 Å². The molecule has 100 valence electrons. The molecular formula is C12H17FN2O2S. The molecule has 18 heavy (non-hydrogen) atoms. The summed E-state index contributed by atoms with van der Waals surface area (Å²) in [6, 6.07) is 5.65. The fraction of sp³-hybridized carbons (Fsp3) is 0.500. The van der Waals surface area contributed by atoms with E-state index in [-0.39, 0.29) is 6.04 Å². The van der Waals surface area contributed by atoms with Crippen molar-refractivity contribution < 1.29 is 12.8 Å². The Hall–Kier alpha value is -1.14. The van der Waals surface area contributed by atoms with Crippen LogP contribution in [-0.2, 0) is 10.0 Å². The highest BCUT2D eigenvalue weighted by Crippen LogP contribution is 2.25. The maximum Gasteiger partial charge on any atom is 0.232 e. The average molecular weight is 272 g/mol. The number of benzene rings is 1. The van der Waals surface area contributed by atoms with Crippen molar-refractivity contribution in [3.05, 3.63) is 30.1 Å². The zero-order valence-corrected chi connectivity index (χ0v) is 11.1. The number of halogens is 1. The number of hydrogen-bond donors (Lipinski definition) is 1. The third-order valence-electron chi connectivity index (χ3n) is 3.06. The van der Waals surface area contributed by atoms with Crippen molar-refractivity contribution in [1.29, 1.82) is 0 Å². The molecule has 1 aliphatic rings. The van der Waals surface area contributed by atoms with Crippen LogP contribution in [0.1, 0.15) is 12.8 Å². The minimum atomic E-state index is -3.40. The molecule has 4 nitrogen and oxygen atoms in total. The van der Waals surface area contributed by atoms with Crippen LogP contribution in [0.5, 0.6) is 0 Å². The molecule has 0 atom stereocenters. The van der Waals surface area contributed by atoms with Crippen LogP contribution in [-0.4, -0.2) is 33.8 Å². The topological polar surface area (TPSA) is 49.4 Å². The summed E-state index contributed by atoms with van der Waals surface area (Å²) in [5.74, 6) is -0.421. The molecule has 0 aliphatic carbocycles. The Morgan fingerprint density at radius 3 is 2.56 bits per heavy atom. The van der Waals surface area contributed by atoms with Gasteiger partial charge in [0.25, 0.3) is 0 Å². The van der Waals surface area contributed by atoms with Gasteiger partial charge in [-0.1, -0.05) is 6.07 Å². The van der Waals surface area contributed by atoms with Crippen molar-refractivity contribution >= 4 is 15.7 Å². The molecule has 0 spiro atoms. The number of piperidine rings is 1. The second kappa shape index (κ2) is 5.24. The maximum atomic E-state index is 13.2. The zero-order chi connectivity index (χ0) is 13.2. The summed E-state index contributed by atoms with van der Waals surface area (Å²) >= 11 is 0. The Labute approximate surface area is 107 Å². The van der Waals surface area contributed by atoms with Gasteiger partial charge in [0.15, 0.2) is 0 Å². The van der Waals surface area contributed by atoms with Gasteiger partial charge in [-0.2, -0.15) is 0 Å². The molecule has 1 heterocycles. The Bertz CT molecular complexity index is 513. The number of rotatable bonds is 3. The SMILES string of the molecule is CS(=O)(=O)N(c1cccc(F)c1)C1CCNCC1. The van der Waals surface area contributed by atoms with Gasteiger partial charge >= 0.3 is 0 Å². The molecule has 2 rings (SSSR count). The lowest BCUT2D eigenvalue weighted by Crippen LogP contribution is -2.46. The van der Waals surface area contributed by atoms with Gasteiger partial charge in [0.05, 0.1) is 11.9 Å². The fourth-order valence-corrected chi connectivity index (χ4v) is 3.58. The minimum Gasteiger partial charge on any atom is -0.317 e. The lowest BCUT2D eigenvalue weighted by atomic mass is 10.1. The monoisotopic (exact) mass is 272 g/mol. The van der Waals surface area contributed by atoms with Gasteiger partial charge in [-0.25, -0.2) is 12.8 Å². The minimum absolute atomic E-state index is 0.0944. The highest BCUT2D eigenvalue weighted by Gasteiger charge is 2.28. The molecule has 1 aromatic carbocycles. The van der Waals surface area contributed by atoms with Crippen molar-refractivity contribution in [2.75, 3.05) is 23.7 Å². The first-order chi connectivity index (χ1) is 8.48. The quantitative estimate of drug-likeness (QED) is 0.903. The van der Waals surface area contributed by atoms with Gasteiger partial charge in [0, 0.05) is 6.04 Å². The van der Waals surface area contributed by atoms with Crippen LogP contribution in [0.2, 0.25) is 0 Å². The van der Waals surface area contributed by atoms with Crippen molar-refractivity contribution in [2.45, 2.75) is 18.9 Å². The maximum absolute atomic E-state index is 13.2. The molecule has 0 radical (unpaired) electrons. The predicted molar refractivity (Wildman–Crippen MR) is 69.6 cm³/mol. The third kappa shape index (κ3) is 3.00. The molecule has 1 fully saturated rings. The summed E-state index contributed by atoms with van der Waals surface area (Å²) in [5.41, 5.74) is 0.407. The Morgan fingerprint density at radius 2 is 2.00 bits per heavy atom. The van der Waals surface area contributed by atoms with E-state index in [9.17, 15) is 12.8 Å². The van der Waals surface area contributed by atoms with Gasteiger partial charge in [0.1, 0.15) is 5.82 Å². The standard InChI is InChI=1S/C12H17FN2O2S/c1-18(16,17)15(11-5-7-14-8-6-11)12-4-2-3-10(13)9-12/h2-4,9,11,14H,5-8H2,1H3. The van der Waals surface area contributed by atoms with Crippen LogP contribution < -0.4 is 9.62 Å². The van der Waals surface area contributed by atoms with E-state index in [1.54, 1.807) is 6.07 Å². The van der Waals surface area contributed by atoms with Crippen LogP contribution in [0.3, 0.4) is 0 Å². The number of sulfonamides is 1. The van der Waals surface area contributed by atoms with Crippen LogP contribution in [0.4, 0.5) is 10.1 Å². The number of nitrogens with zero attached hydrogens (tertiary/aromatic N) is 1. The van der Waals surface area contributed by atoms with Gasteiger partial charge in [-0.05, 0) is 44.1 Å². The molecule has 1 N–H and O–H groups in total. The molecule has 0 unspecified atom stereocenters. The van der Waals surface area contributed by atoms with Gasteiger partial charge in [0.2, 0.25) is 10.0 Å². The number of hydrogen-bond acceptors (Lipinski definition) is 3. The predicted octanol–water partition coefficient (Wildman–Crippen LogP) is 1.34. The zero-order valence-electron chi connectivity index (χ0n) is 10.3. The van der Waals surface area contributed by atoms with Crippen LogP contribution in [0, 0.1) is 5.82 Å². The largest absolute Gasteiger partial charge is 0.317 e. The average Bonchev–Trinajstić information content (AvgIpc) is 2.28.